The average Bonchev–Trinajstić information content (AvgIpc) is 2.91. The van der Waals surface area contributed by atoms with E-state index in [2.05, 4.69) is 55.4 Å². The lowest BCUT2D eigenvalue weighted by atomic mass is 9.92. The summed E-state index contributed by atoms with van der Waals surface area (Å²) in [5.74, 6) is 1.56. The Morgan fingerprint density at radius 2 is 2.09 bits per heavy atom. The Morgan fingerprint density at radius 3 is 2.68 bits per heavy atom. The highest BCUT2D eigenvalue weighted by molar-refractivity contribution is 5.80. The van der Waals surface area contributed by atoms with Crippen molar-refractivity contribution in [1.82, 2.24) is 9.55 Å². The summed E-state index contributed by atoms with van der Waals surface area (Å²) < 4.78 is 2.41. The lowest BCUT2D eigenvalue weighted by Crippen LogP contribution is -2.19. The maximum absolute atomic E-state index is 4.85. The van der Waals surface area contributed by atoms with Crippen LogP contribution >= 0.6 is 0 Å². The van der Waals surface area contributed by atoms with Gasteiger partial charge in [0, 0.05) is 17.7 Å². The van der Waals surface area contributed by atoms with E-state index in [0.29, 0.717) is 17.4 Å². The molecule has 4 rings (SSSR count). The van der Waals surface area contributed by atoms with E-state index in [1.807, 2.05) is 0 Å². The highest BCUT2D eigenvalue weighted by Crippen LogP contribution is 2.55. The number of allylic oxidation sites excluding steroid dienone is 1. The molecule has 0 radical (unpaired) electrons. The Hall–Kier alpha value is -1.77. The van der Waals surface area contributed by atoms with Crippen LogP contribution in [0.5, 0.6) is 0 Å². The van der Waals surface area contributed by atoms with E-state index in [9.17, 15) is 0 Å². The number of hydrogen-bond acceptors (Lipinski definition) is 2. The van der Waals surface area contributed by atoms with Gasteiger partial charge in [0.25, 0.3) is 0 Å². The van der Waals surface area contributed by atoms with Crippen molar-refractivity contribution in [1.29, 1.82) is 0 Å². The molecule has 3 heteroatoms. The predicted molar refractivity (Wildman–Crippen MR) is 92.0 cm³/mol. The van der Waals surface area contributed by atoms with Crippen molar-refractivity contribution < 1.29 is 0 Å². The van der Waals surface area contributed by atoms with Crippen molar-refractivity contribution in [2.24, 2.45) is 11.3 Å². The Bertz CT molecular complexity index is 749. The number of aromatic nitrogens is 2. The van der Waals surface area contributed by atoms with Crippen molar-refractivity contribution in [2.75, 3.05) is 5.32 Å². The SMILES string of the molecule is C=C(Nc1nc2ccc(C)cc2n1C1CCC1)[C@H]1CC1(C)C. The summed E-state index contributed by atoms with van der Waals surface area (Å²) in [5.41, 5.74) is 5.16. The number of rotatable bonds is 4. The molecule has 2 aliphatic rings. The fourth-order valence-electron chi connectivity index (χ4n) is 3.60. The standard InChI is InChI=1S/C19H25N3/c1-12-8-9-16-17(10-12)22(14-6-5-7-14)18(21-16)20-13(2)15-11-19(15,3)4/h8-10,14-15H,2,5-7,11H2,1,3-4H3,(H,20,21)/t15-/m1/s1. The Morgan fingerprint density at radius 1 is 1.36 bits per heavy atom. The summed E-state index contributed by atoms with van der Waals surface area (Å²) in [6, 6.07) is 7.13. The topological polar surface area (TPSA) is 29.9 Å². The smallest absolute Gasteiger partial charge is 0.208 e. The van der Waals surface area contributed by atoms with Gasteiger partial charge in [-0.25, -0.2) is 4.98 Å². The van der Waals surface area contributed by atoms with Crippen molar-refractivity contribution in [3.05, 3.63) is 36.0 Å². The quantitative estimate of drug-likeness (QED) is 0.856. The zero-order chi connectivity index (χ0) is 15.5. The number of hydrogen-bond donors (Lipinski definition) is 1. The zero-order valence-corrected chi connectivity index (χ0v) is 13.8. The van der Waals surface area contributed by atoms with E-state index < -0.39 is 0 Å². The second kappa shape index (κ2) is 4.61. The second-order valence-corrected chi connectivity index (χ2v) is 7.78. The first-order chi connectivity index (χ1) is 10.5. The van der Waals surface area contributed by atoms with Gasteiger partial charge in [0.1, 0.15) is 0 Å². The average molecular weight is 295 g/mol. The minimum absolute atomic E-state index is 0.397. The summed E-state index contributed by atoms with van der Waals surface area (Å²) in [6.07, 6.45) is 5.07. The number of fused-ring (bicyclic) bond motifs is 1. The first-order valence-corrected chi connectivity index (χ1v) is 8.40. The van der Waals surface area contributed by atoms with E-state index in [1.165, 1.54) is 36.8 Å². The van der Waals surface area contributed by atoms with Crippen LogP contribution < -0.4 is 5.32 Å². The first-order valence-electron chi connectivity index (χ1n) is 8.40. The highest BCUT2D eigenvalue weighted by Gasteiger charge is 2.47. The third-order valence-corrected chi connectivity index (χ3v) is 5.49. The summed E-state index contributed by atoms with van der Waals surface area (Å²) >= 11 is 0. The molecule has 1 atom stereocenters. The van der Waals surface area contributed by atoms with Crippen molar-refractivity contribution in [3.8, 4) is 0 Å². The number of aryl methyl sites for hydroxylation is 1. The molecule has 2 aromatic rings. The Balaban J connectivity index is 1.71. The molecule has 22 heavy (non-hydrogen) atoms. The minimum atomic E-state index is 0.397. The Labute approximate surface area is 132 Å². The molecular formula is C19H25N3. The van der Waals surface area contributed by atoms with Gasteiger partial charge in [-0.1, -0.05) is 26.5 Å². The van der Waals surface area contributed by atoms with Crippen LogP contribution in [-0.2, 0) is 0 Å². The maximum atomic E-state index is 4.85. The van der Waals surface area contributed by atoms with Crippen LogP contribution in [0.2, 0.25) is 0 Å². The van der Waals surface area contributed by atoms with Crippen molar-refractivity contribution in [3.63, 3.8) is 0 Å². The van der Waals surface area contributed by atoms with Crippen molar-refractivity contribution >= 4 is 17.0 Å². The molecule has 0 aliphatic heterocycles. The molecule has 3 nitrogen and oxygen atoms in total. The minimum Gasteiger partial charge on any atom is -0.330 e. The van der Waals surface area contributed by atoms with Gasteiger partial charge in [0.05, 0.1) is 11.0 Å². The van der Waals surface area contributed by atoms with Crippen LogP contribution in [0.15, 0.2) is 30.5 Å². The number of benzene rings is 1. The van der Waals surface area contributed by atoms with Crippen LogP contribution in [0, 0.1) is 18.3 Å². The number of anilines is 1. The summed E-state index contributed by atoms with van der Waals surface area (Å²) in [4.78, 5) is 4.85. The van der Waals surface area contributed by atoms with Gasteiger partial charge >= 0.3 is 0 Å². The van der Waals surface area contributed by atoms with E-state index in [1.54, 1.807) is 0 Å². The van der Waals surface area contributed by atoms with Gasteiger partial charge in [-0.15, -0.1) is 0 Å². The Kier molecular flexibility index (Phi) is 2.91. The second-order valence-electron chi connectivity index (χ2n) is 7.78. The lowest BCUT2D eigenvalue weighted by Gasteiger charge is -2.29. The molecule has 0 spiro atoms. The van der Waals surface area contributed by atoms with Gasteiger partial charge < -0.3 is 9.88 Å². The molecule has 0 amide bonds. The van der Waals surface area contributed by atoms with E-state index in [4.69, 9.17) is 4.98 Å². The fourth-order valence-corrected chi connectivity index (χ4v) is 3.60. The van der Waals surface area contributed by atoms with Gasteiger partial charge in [-0.2, -0.15) is 0 Å². The predicted octanol–water partition coefficient (Wildman–Crippen LogP) is 5.04. The highest BCUT2D eigenvalue weighted by atomic mass is 15.2. The van der Waals surface area contributed by atoms with E-state index in [0.717, 1.165) is 17.2 Å². The van der Waals surface area contributed by atoms with Crippen LogP contribution in [0.1, 0.15) is 51.1 Å². The van der Waals surface area contributed by atoms with Crippen LogP contribution in [0.25, 0.3) is 11.0 Å². The summed E-state index contributed by atoms with van der Waals surface area (Å²) in [5, 5.41) is 3.54. The summed E-state index contributed by atoms with van der Waals surface area (Å²) in [6.45, 7) is 11.0. The molecule has 0 unspecified atom stereocenters. The third-order valence-electron chi connectivity index (χ3n) is 5.49. The zero-order valence-electron chi connectivity index (χ0n) is 13.8. The largest absolute Gasteiger partial charge is 0.330 e. The number of nitrogens with one attached hydrogen (secondary N) is 1. The van der Waals surface area contributed by atoms with Gasteiger partial charge in [-0.3, -0.25) is 0 Å². The molecule has 2 saturated carbocycles. The van der Waals surface area contributed by atoms with Gasteiger partial charge in [-0.05, 0) is 55.7 Å². The number of imidazole rings is 1. The monoisotopic (exact) mass is 295 g/mol. The molecule has 1 aromatic heterocycles. The van der Waals surface area contributed by atoms with Crippen molar-refractivity contribution in [2.45, 2.75) is 52.5 Å². The number of nitrogens with zero attached hydrogens (tertiary/aromatic N) is 2. The molecule has 1 aromatic carbocycles. The van der Waals surface area contributed by atoms with Crippen LogP contribution in [0.3, 0.4) is 0 Å². The van der Waals surface area contributed by atoms with Crippen LogP contribution in [0.4, 0.5) is 5.95 Å². The fraction of sp³-hybridized carbons (Fsp3) is 0.526. The summed E-state index contributed by atoms with van der Waals surface area (Å²) in [7, 11) is 0. The van der Waals surface area contributed by atoms with Gasteiger partial charge in [0.15, 0.2) is 0 Å². The third kappa shape index (κ3) is 2.15. The molecule has 1 heterocycles. The first kappa shape index (κ1) is 13.9. The van der Waals surface area contributed by atoms with Crippen LogP contribution in [-0.4, -0.2) is 9.55 Å². The molecule has 0 saturated heterocycles. The van der Waals surface area contributed by atoms with E-state index in [-0.39, 0.29) is 0 Å². The molecule has 0 bridgehead atoms. The molecule has 1 N–H and O–H groups in total. The lowest BCUT2D eigenvalue weighted by molar-refractivity contribution is 0.323. The molecule has 2 aliphatic carbocycles. The normalized spacial score (nSPS) is 23.3. The van der Waals surface area contributed by atoms with E-state index >= 15 is 0 Å². The maximum Gasteiger partial charge on any atom is 0.208 e. The molecule has 2 fully saturated rings. The molecule has 116 valence electrons. The molecular weight excluding hydrogens is 270 g/mol. The van der Waals surface area contributed by atoms with Gasteiger partial charge in [0.2, 0.25) is 5.95 Å².